The zero-order chi connectivity index (χ0) is 15.8. The largest absolute Gasteiger partial charge is 0.497 e. The molecule has 1 amide bonds. The van der Waals surface area contributed by atoms with Crippen molar-refractivity contribution in [2.75, 3.05) is 20.2 Å². The minimum Gasteiger partial charge on any atom is -0.497 e. The highest BCUT2D eigenvalue weighted by molar-refractivity contribution is 5.83. The van der Waals surface area contributed by atoms with Gasteiger partial charge in [0.15, 0.2) is 0 Å². The SMILES string of the molecule is COc1ccc(CCNC(=O)C(CN)c2ccccc2)cc1. The van der Waals surface area contributed by atoms with Crippen molar-refractivity contribution in [2.24, 2.45) is 5.73 Å². The number of carbonyl (C=O) groups excluding carboxylic acids is 1. The van der Waals surface area contributed by atoms with E-state index < -0.39 is 0 Å². The molecule has 2 aromatic rings. The summed E-state index contributed by atoms with van der Waals surface area (Å²) in [5, 5.41) is 2.96. The van der Waals surface area contributed by atoms with Gasteiger partial charge in [0, 0.05) is 13.1 Å². The van der Waals surface area contributed by atoms with Crippen LogP contribution in [0.5, 0.6) is 5.75 Å². The maximum absolute atomic E-state index is 12.3. The van der Waals surface area contributed by atoms with Gasteiger partial charge in [0.25, 0.3) is 0 Å². The summed E-state index contributed by atoms with van der Waals surface area (Å²) >= 11 is 0. The third-order valence-corrected chi connectivity index (χ3v) is 3.63. The van der Waals surface area contributed by atoms with Crippen LogP contribution in [-0.4, -0.2) is 26.1 Å². The van der Waals surface area contributed by atoms with Crippen molar-refractivity contribution in [1.82, 2.24) is 5.32 Å². The van der Waals surface area contributed by atoms with Gasteiger partial charge in [-0.25, -0.2) is 0 Å². The maximum Gasteiger partial charge on any atom is 0.228 e. The Bertz CT molecular complexity index is 582. The van der Waals surface area contributed by atoms with E-state index in [9.17, 15) is 4.79 Å². The smallest absolute Gasteiger partial charge is 0.228 e. The molecule has 0 radical (unpaired) electrons. The maximum atomic E-state index is 12.3. The lowest BCUT2D eigenvalue weighted by molar-refractivity contribution is -0.122. The Balaban J connectivity index is 1.86. The fraction of sp³-hybridized carbons (Fsp3) is 0.278. The number of methoxy groups -OCH3 is 1. The van der Waals surface area contributed by atoms with Gasteiger partial charge in [-0.15, -0.1) is 0 Å². The molecule has 3 N–H and O–H groups in total. The van der Waals surface area contributed by atoms with Crippen molar-refractivity contribution >= 4 is 5.91 Å². The third-order valence-electron chi connectivity index (χ3n) is 3.63. The fourth-order valence-electron chi connectivity index (χ4n) is 2.33. The van der Waals surface area contributed by atoms with Crippen molar-refractivity contribution in [2.45, 2.75) is 12.3 Å². The summed E-state index contributed by atoms with van der Waals surface area (Å²) in [5.74, 6) is 0.513. The first-order valence-electron chi connectivity index (χ1n) is 7.40. The van der Waals surface area contributed by atoms with Gasteiger partial charge in [0.2, 0.25) is 5.91 Å². The number of amides is 1. The summed E-state index contributed by atoms with van der Waals surface area (Å²) in [6.07, 6.45) is 0.780. The molecular formula is C18H22N2O2. The van der Waals surface area contributed by atoms with Crippen LogP contribution in [0.15, 0.2) is 54.6 Å². The number of nitrogens with two attached hydrogens (primary N) is 1. The van der Waals surface area contributed by atoms with Crippen LogP contribution in [0.1, 0.15) is 17.0 Å². The highest BCUT2D eigenvalue weighted by Gasteiger charge is 2.17. The van der Waals surface area contributed by atoms with E-state index >= 15 is 0 Å². The van der Waals surface area contributed by atoms with Gasteiger partial charge >= 0.3 is 0 Å². The van der Waals surface area contributed by atoms with Crippen molar-refractivity contribution in [3.05, 3.63) is 65.7 Å². The second-order valence-corrected chi connectivity index (χ2v) is 5.09. The quantitative estimate of drug-likeness (QED) is 0.822. The number of carbonyl (C=O) groups is 1. The molecule has 0 aliphatic carbocycles. The van der Waals surface area contributed by atoms with E-state index in [1.165, 1.54) is 0 Å². The molecule has 0 spiro atoms. The van der Waals surface area contributed by atoms with E-state index in [4.69, 9.17) is 10.5 Å². The first-order valence-corrected chi connectivity index (χ1v) is 7.40. The van der Waals surface area contributed by atoms with E-state index in [1.54, 1.807) is 7.11 Å². The topological polar surface area (TPSA) is 64.3 Å². The van der Waals surface area contributed by atoms with Crippen LogP contribution in [0.2, 0.25) is 0 Å². The summed E-state index contributed by atoms with van der Waals surface area (Å²) < 4.78 is 5.12. The monoisotopic (exact) mass is 298 g/mol. The Morgan fingerprint density at radius 1 is 1.14 bits per heavy atom. The highest BCUT2D eigenvalue weighted by Crippen LogP contribution is 2.14. The Morgan fingerprint density at radius 2 is 1.82 bits per heavy atom. The minimum absolute atomic E-state index is 0.0257. The molecule has 0 saturated heterocycles. The summed E-state index contributed by atoms with van der Waals surface area (Å²) in [6, 6.07) is 17.5. The molecule has 4 heteroatoms. The lowest BCUT2D eigenvalue weighted by Gasteiger charge is -2.15. The molecule has 0 aliphatic rings. The number of rotatable bonds is 7. The van der Waals surface area contributed by atoms with Crippen molar-refractivity contribution in [1.29, 1.82) is 0 Å². The Labute approximate surface area is 131 Å². The molecule has 2 rings (SSSR count). The second-order valence-electron chi connectivity index (χ2n) is 5.09. The lowest BCUT2D eigenvalue weighted by atomic mass is 9.98. The molecule has 0 aliphatic heterocycles. The summed E-state index contributed by atoms with van der Waals surface area (Å²) in [6.45, 7) is 0.896. The molecule has 0 bridgehead atoms. The molecule has 0 fully saturated rings. The van der Waals surface area contributed by atoms with Crippen molar-refractivity contribution in [3.63, 3.8) is 0 Å². The van der Waals surface area contributed by atoms with Crippen LogP contribution >= 0.6 is 0 Å². The zero-order valence-electron chi connectivity index (χ0n) is 12.8. The molecule has 4 nitrogen and oxygen atoms in total. The number of ether oxygens (including phenoxy) is 1. The van der Waals surface area contributed by atoms with Crippen LogP contribution in [-0.2, 0) is 11.2 Å². The predicted octanol–water partition coefficient (Wildman–Crippen LogP) is 2.10. The molecule has 2 aromatic carbocycles. The first kappa shape index (κ1) is 16.0. The molecule has 1 unspecified atom stereocenters. The predicted molar refractivity (Wildman–Crippen MR) is 87.9 cm³/mol. The van der Waals surface area contributed by atoms with Crippen LogP contribution < -0.4 is 15.8 Å². The van der Waals surface area contributed by atoms with Crippen molar-refractivity contribution in [3.8, 4) is 5.75 Å². The van der Waals surface area contributed by atoms with Crippen LogP contribution in [0.4, 0.5) is 0 Å². The summed E-state index contributed by atoms with van der Waals surface area (Å²) in [4.78, 5) is 12.3. The van der Waals surface area contributed by atoms with Crippen LogP contribution in [0.25, 0.3) is 0 Å². The standard InChI is InChI=1S/C18H22N2O2/c1-22-16-9-7-14(8-10-16)11-12-20-18(21)17(13-19)15-5-3-2-4-6-15/h2-10,17H,11-13,19H2,1H3,(H,20,21). The Kier molecular flexibility index (Phi) is 5.98. The Hall–Kier alpha value is -2.33. The highest BCUT2D eigenvalue weighted by atomic mass is 16.5. The molecular weight excluding hydrogens is 276 g/mol. The molecule has 1 atom stereocenters. The first-order chi connectivity index (χ1) is 10.7. The number of benzene rings is 2. The Morgan fingerprint density at radius 3 is 2.41 bits per heavy atom. The minimum atomic E-state index is -0.294. The summed E-state index contributed by atoms with van der Waals surface area (Å²) in [5.41, 5.74) is 7.85. The van der Waals surface area contributed by atoms with Gasteiger partial charge in [0.1, 0.15) is 5.75 Å². The number of hydrogen-bond donors (Lipinski definition) is 2. The van der Waals surface area contributed by atoms with Gasteiger partial charge in [-0.2, -0.15) is 0 Å². The van der Waals surface area contributed by atoms with E-state index in [2.05, 4.69) is 5.32 Å². The van der Waals surface area contributed by atoms with Crippen molar-refractivity contribution < 1.29 is 9.53 Å². The average Bonchev–Trinajstić information content (AvgIpc) is 2.57. The van der Waals surface area contributed by atoms with Gasteiger partial charge in [-0.3, -0.25) is 4.79 Å². The molecule has 22 heavy (non-hydrogen) atoms. The van der Waals surface area contributed by atoms with E-state index in [-0.39, 0.29) is 11.8 Å². The molecule has 0 saturated carbocycles. The van der Waals surface area contributed by atoms with Crippen LogP contribution in [0.3, 0.4) is 0 Å². The van der Waals surface area contributed by atoms with E-state index in [0.717, 1.165) is 23.3 Å². The number of nitrogens with one attached hydrogen (secondary N) is 1. The molecule has 0 aromatic heterocycles. The third kappa shape index (κ3) is 4.33. The lowest BCUT2D eigenvalue weighted by Crippen LogP contribution is -2.34. The average molecular weight is 298 g/mol. The zero-order valence-corrected chi connectivity index (χ0v) is 12.8. The molecule has 0 heterocycles. The fourth-order valence-corrected chi connectivity index (χ4v) is 2.33. The summed E-state index contributed by atoms with van der Waals surface area (Å²) in [7, 11) is 1.64. The van der Waals surface area contributed by atoms with E-state index in [0.29, 0.717) is 13.1 Å². The van der Waals surface area contributed by atoms with Gasteiger partial charge in [-0.05, 0) is 29.7 Å². The molecule has 116 valence electrons. The van der Waals surface area contributed by atoms with Gasteiger partial charge in [-0.1, -0.05) is 42.5 Å². The van der Waals surface area contributed by atoms with Gasteiger partial charge in [0.05, 0.1) is 13.0 Å². The van der Waals surface area contributed by atoms with E-state index in [1.807, 2.05) is 54.6 Å². The second kappa shape index (κ2) is 8.20. The number of hydrogen-bond acceptors (Lipinski definition) is 3. The van der Waals surface area contributed by atoms with Crippen LogP contribution in [0, 0.1) is 0 Å². The van der Waals surface area contributed by atoms with Gasteiger partial charge < -0.3 is 15.8 Å². The normalized spacial score (nSPS) is 11.7.